The Hall–Kier alpha value is -2.01. The van der Waals surface area contributed by atoms with Gasteiger partial charge in [0.1, 0.15) is 11.9 Å². The van der Waals surface area contributed by atoms with E-state index in [2.05, 4.69) is 41.5 Å². The van der Waals surface area contributed by atoms with Gasteiger partial charge in [-0.05, 0) is 87.8 Å². The highest BCUT2D eigenvalue weighted by Gasteiger charge is 2.44. The minimum absolute atomic E-state index is 0.0627. The van der Waals surface area contributed by atoms with Gasteiger partial charge in [-0.25, -0.2) is 0 Å². The van der Waals surface area contributed by atoms with Gasteiger partial charge in [0.2, 0.25) is 6.41 Å². The number of aldehydes is 1. The van der Waals surface area contributed by atoms with E-state index in [9.17, 15) is 9.59 Å². The molecule has 0 aliphatic heterocycles. The van der Waals surface area contributed by atoms with Crippen LogP contribution in [0.1, 0.15) is 123 Å². The van der Waals surface area contributed by atoms with Crippen molar-refractivity contribution in [3.63, 3.8) is 0 Å². The van der Waals surface area contributed by atoms with Crippen molar-refractivity contribution >= 4 is 18.9 Å². The number of amides is 1. The predicted molar refractivity (Wildman–Crippen MR) is 152 cm³/mol. The van der Waals surface area contributed by atoms with Crippen LogP contribution in [-0.4, -0.2) is 42.7 Å². The molecule has 1 atom stereocenters. The molecule has 1 aliphatic carbocycles. The van der Waals surface area contributed by atoms with E-state index in [0.29, 0.717) is 17.6 Å². The molecule has 1 saturated carbocycles. The van der Waals surface area contributed by atoms with Gasteiger partial charge in [0.25, 0.3) is 0 Å². The highest BCUT2D eigenvalue weighted by atomic mass is 16.5. The summed E-state index contributed by atoms with van der Waals surface area (Å²) in [5, 5.41) is 0. The van der Waals surface area contributed by atoms with E-state index in [1.165, 1.54) is 0 Å². The molecule has 0 N–H and O–H groups in total. The lowest BCUT2D eigenvalue weighted by atomic mass is 9.69. The number of benzene rings is 1. The first-order valence-corrected chi connectivity index (χ1v) is 13.5. The normalized spacial score (nSPS) is 21.6. The predicted octanol–water partition coefficient (Wildman–Crippen LogP) is 7.89. The molecule has 1 unspecified atom stereocenters. The summed E-state index contributed by atoms with van der Waals surface area (Å²) in [4.78, 5) is 30.7. The lowest BCUT2D eigenvalue weighted by molar-refractivity contribution is -0.130. The Morgan fingerprint density at radius 1 is 1.06 bits per heavy atom. The minimum atomic E-state index is -0.496. The number of rotatable bonds is 9. The number of carbonyl (C=O) groups is 2. The minimum Gasteiger partial charge on any atom is -0.382 e. The average Bonchev–Trinajstić information content (AvgIpc) is 2.81. The molecule has 0 radical (unpaired) electrons. The van der Waals surface area contributed by atoms with E-state index >= 15 is 0 Å². The molecule has 0 spiro atoms. The zero-order valence-electron chi connectivity index (χ0n) is 24.6. The molecule has 2 rings (SSSR count). The second-order valence-corrected chi connectivity index (χ2v) is 12.7. The topological polar surface area (TPSA) is 59.0 Å². The number of ether oxygens (including phenoxy) is 1. The first-order valence-electron chi connectivity index (χ1n) is 13.5. The molecule has 5 nitrogen and oxygen atoms in total. The van der Waals surface area contributed by atoms with Crippen molar-refractivity contribution in [2.24, 2.45) is 21.7 Å². The lowest BCUT2D eigenvalue weighted by Gasteiger charge is -2.49. The summed E-state index contributed by atoms with van der Waals surface area (Å²) < 4.78 is 4.75. The molecule has 1 fully saturated rings. The molecule has 1 aromatic carbocycles. The fraction of sp³-hybridized carbons (Fsp3) is 0.710. The Morgan fingerprint density at radius 3 is 1.94 bits per heavy atom. The van der Waals surface area contributed by atoms with Crippen LogP contribution in [0, 0.1) is 16.7 Å². The Labute approximate surface area is 221 Å². The quantitative estimate of drug-likeness (QED) is 0.256. The van der Waals surface area contributed by atoms with E-state index in [1.54, 1.807) is 7.11 Å². The Bertz CT molecular complexity index is 808. The molecule has 1 aliphatic rings. The first-order chi connectivity index (χ1) is 16.7. The third-order valence-corrected chi connectivity index (χ3v) is 7.41. The van der Waals surface area contributed by atoms with Crippen LogP contribution in [0.5, 0.6) is 0 Å². The van der Waals surface area contributed by atoms with Crippen molar-refractivity contribution < 1.29 is 14.3 Å². The third-order valence-electron chi connectivity index (χ3n) is 7.41. The highest BCUT2D eigenvalue weighted by Crippen LogP contribution is 2.47. The summed E-state index contributed by atoms with van der Waals surface area (Å²) in [6.07, 6.45) is 9.91. The van der Waals surface area contributed by atoms with Crippen LogP contribution in [0.25, 0.3) is 0 Å². The van der Waals surface area contributed by atoms with Crippen molar-refractivity contribution in [3.05, 3.63) is 35.4 Å². The molecule has 5 heteroatoms. The Morgan fingerprint density at radius 2 is 1.58 bits per heavy atom. The second kappa shape index (κ2) is 14.1. The van der Waals surface area contributed by atoms with Gasteiger partial charge >= 0.3 is 0 Å². The van der Waals surface area contributed by atoms with Gasteiger partial charge in [-0.2, -0.15) is 0 Å². The van der Waals surface area contributed by atoms with Crippen LogP contribution in [0.4, 0.5) is 0 Å². The summed E-state index contributed by atoms with van der Waals surface area (Å²) in [6, 6.07) is 7.63. The maximum Gasteiger partial charge on any atom is 0.212 e. The largest absolute Gasteiger partial charge is 0.382 e. The summed E-state index contributed by atoms with van der Waals surface area (Å²) in [5.41, 5.74) is 1.67. The van der Waals surface area contributed by atoms with Crippen LogP contribution in [0.15, 0.2) is 29.3 Å². The van der Waals surface area contributed by atoms with E-state index in [4.69, 9.17) is 9.73 Å². The number of hydrogen-bond donors (Lipinski definition) is 0. The number of carbonyl (C=O) groups excluding carboxylic acids is 2. The molecular formula is C31H52N2O3. The lowest BCUT2D eigenvalue weighted by Crippen LogP contribution is -2.51. The summed E-state index contributed by atoms with van der Waals surface area (Å²) >= 11 is 0. The van der Waals surface area contributed by atoms with Crippen molar-refractivity contribution in [1.29, 1.82) is 0 Å². The van der Waals surface area contributed by atoms with Crippen molar-refractivity contribution in [2.75, 3.05) is 7.11 Å². The van der Waals surface area contributed by atoms with Gasteiger partial charge in [0.05, 0.1) is 12.1 Å². The molecule has 1 amide bonds. The number of methoxy groups -OCH3 is 1. The molecule has 36 heavy (non-hydrogen) atoms. The van der Waals surface area contributed by atoms with Gasteiger partial charge in [-0.1, -0.05) is 65.8 Å². The number of nitrogens with zero attached hydrogens (tertiary/aromatic N) is 2. The summed E-state index contributed by atoms with van der Waals surface area (Å²) in [6.45, 7) is 19.6. The van der Waals surface area contributed by atoms with Gasteiger partial charge in [-0.15, -0.1) is 0 Å². The fourth-order valence-corrected chi connectivity index (χ4v) is 4.93. The van der Waals surface area contributed by atoms with E-state index in [0.717, 1.165) is 56.8 Å². The average molecular weight is 501 g/mol. The first kappa shape index (κ1) is 32.0. The van der Waals surface area contributed by atoms with E-state index in [-0.39, 0.29) is 16.9 Å². The van der Waals surface area contributed by atoms with Crippen LogP contribution in [0.2, 0.25) is 0 Å². The van der Waals surface area contributed by atoms with Crippen molar-refractivity contribution in [1.82, 2.24) is 4.90 Å². The molecule has 204 valence electrons. The fourth-order valence-electron chi connectivity index (χ4n) is 4.93. The van der Waals surface area contributed by atoms with Gasteiger partial charge in [0.15, 0.2) is 0 Å². The van der Waals surface area contributed by atoms with E-state index < -0.39 is 5.66 Å². The van der Waals surface area contributed by atoms with E-state index in [1.807, 2.05) is 56.2 Å². The third kappa shape index (κ3) is 9.80. The van der Waals surface area contributed by atoms with Gasteiger partial charge < -0.3 is 9.64 Å². The zero-order valence-corrected chi connectivity index (χ0v) is 24.6. The molecule has 1 aromatic rings. The zero-order chi connectivity index (χ0) is 27.6. The second-order valence-electron chi connectivity index (χ2n) is 12.7. The standard InChI is InChI=1S/C27H42N2O2.C4H10O/c1-8-28-27(17-13-23(14-18-27)26(5,6)7)29(20-31)24(15-16-25(2,3)4)22-11-9-21(19-30)10-12-22;1-4(2)5-3/h8-12,19-20,23-24H,13-18H2,1-7H3;4H,1-3H3/b28-8-;. The van der Waals surface area contributed by atoms with Crippen LogP contribution in [0.3, 0.4) is 0 Å². The molecule has 0 heterocycles. The molecule has 0 bridgehead atoms. The molecular weight excluding hydrogens is 448 g/mol. The van der Waals surface area contributed by atoms with Crippen molar-refractivity contribution in [2.45, 2.75) is 119 Å². The van der Waals surface area contributed by atoms with Gasteiger partial charge in [0, 0.05) is 12.7 Å². The smallest absolute Gasteiger partial charge is 0.212 e. The number of aliphatic imine (C=N–C) groups is 1. The van der Waals surface area contributed by atoms with Crippen LogP contribution >= 0.6 is 0 Å². The monoisotopic (exact) mass is 500 g/mol. The molecule has 0 aromatic heterocycles. The SMILES string of the molecule is C/C=N\C1(N(C=O)C(CCC(C)(C)C)c2ccc(C=O)cc2)CCC(C(C)(C)C)CC1.COC(C)C. The number of hydrogen-bond acceptors (Lipinski definition) is 4. The maximum atomic E-state index is 12.6. The Kier molecular flexibility index (Phi) is 12.5. The molecule has 0 saturated heterocycles. The maximum absolute atomic E-state index is 12.6. The highest BCUT2D eigenvalue weighted by molar-refractivity contribution is 5.74. The summed E-state index contributed by atoms with van der Waals surface area (Å²) in [7, 11) is 1.70. The Balaban J connectivity index is 0.00000118. The summed E-state index contributed by atoms with van der Waals surface area (Å²) in [5.74, 6) is 0.640. The van der Waals surface area contributed by atoms with Gasteiger partial charge in [-0.3, -0.25) is 14.6 Å². The van der Waals surface area contributed by atoms with Crippen molar-refractivity contribution in [3.8, 4) is 0 Å². The van der Waals surface area contributed by atoms with Crippen LogP contribution in [-0.2, 0) is 9.53 Å². The van der Waals surface area contributed by atoms with Crippen LogP contribution < -0.4 is 0 Å².